The first-order chi connectivity index (χ1) is 16.1. The van der Waals surface area contributed by atoms with Crippen LogP contribution < -0.4 is 5.73 Å². The highest BCUT2D eigenvalue weighted by Gasteiger charge is 2.18. The number of anilines is 1. The van der Waals surface area contributed by atoms with Crippen molar-refractivity contribution in [1.29, 1.82) is 0 Å². The predicted octanol–water partition coefficient (Wildman–Crippen LogP) is 3.34. The van der Waals surface area contributed by atoms with Gasteiger partial charge in [-0.05, 0) is 23.8 Å². The molecule has 10 heteroatoms. The number of fused-ring (bicyclic) bond motifs is 2. The van der Waals surface area contributed by atoms with E-state index < -0.39 is 0 Å². The van der Waals surface area contributed by atoms with E-state index in [1.165, 1.54) is 17.1 Å². The number of aryl methyl sites for hydroxylation is 1. The van der Waals surface area contributed by atoms with E-state index in [0.29, 0.717) is 29.4 Å². The SMILES string of the molecule is Cn1ncc2c(-c3cn(Cc4cn(-c5ccccc5F)nn4)c4ncnc(N)c34)cccc21. The van der Waals surface area contributed by atoms with Crippen LogP contribution in [0.2, 0.25) is 0 Å². The molecular formula is C23H18FN9. The molecule has 0 radical (unpaired) electrons. The fraction of sp³-hybridized carbons (Fsp3) is 0.0870. The maximum Gasteiger partial charge on any atom is 0.148 e. The van der Waals surface area contributed by atoms with Crippen LogP contribution in [-0.4, -0.2) is 39.3 Å². The van der Waals surface area contributed by atoms with Crippen LogP contribution in [0.4, 0.5) is 10.2 Å². The first kappa shape index (κ1) is 19.1. The van der Waals surface area contributed by atoms with E-state index in [4.69, 9.17) is 5.73 Å². The molecule has 0 saturated heterocycles. The Morgan fingerprint density at radius 2 is 1.88 bits per heavy atom. The highest BCUT2D eigenvalue weighted by atomic mass is 19.1. The van der Waals surface area contributed by atoms with Crippen LogP contribution in [0, 0.1) is 5.82 Å². The molecule has 0 fully saturated rings. The van der Waals surface area contributed by atoms with Crippen molar-refractivity contribution < 1.29 is 4.39 Å². The Labute approximate surface area is 186 Å². The fourth-order valence-electron chi connectivity index (χ4n) is 4.18. The van der Waals surface area contributed by atoms with E-state index in [2.05, 4.69) is 25.4 Å². The lowest BCUT2D eigenvalue weighted by molar-refractivity contribution is 0.607. The van der Waals surface area contributed by atoms with Gasteiger partial charge in [-0.2, -0.15) is 5.10 Å². The van der Waals surface area contributed by atoms with Gasteiger partial charge in [-0.1, -0.05) is 29.5 Å². The Bertz CT molecular complexity index is 1640. The van der Waals surface area contributed by atoms with Crippen LogP contribution in [-0.2, 0) is 13.6 Å². The molecule has 0 unspecified atom stereocenters. The minimum absolute atomic E-state index is 0.337. The maximum atomic E-state index is 14.2. The van der Waals surface area contributed by atoms with Crippen LogP contribution in [0.3, 0.4) is 0 Å². The molecule has 162 valence electrons. The molecule has 33 heavy (non-hydrogen) atoms. The fourth-order valence-corrected chi connectivity index (χ4v) is 4.18. The topological polar surface area (TPSA) is 105 Å². The third kappa shape index (κ3) is 3.03. The standard InChI is InChI=1S/C23H18FN9/c1-31-19-8-4-5-15(16(19)9-28-31)17-12-32(23-21(17)22(25)26-13-27-23)10-14-11-33(30-29-14)20-7-3-2-6-18(20)24/h2-9,11-13H,10H2,1H3,(H2,25,26,27). The van der Waals surface area contributed by atoms with Gasteiger partial charge in [-0.3, -0.25) is 4.68 Å². The van der Waals surface area contributed by atoms with Gasteiger partial charge in [0.15, 0.2) is 0 Å². The highest BCUT2D eigenvalue weighted by Crippen LogP contribution is 2.36. The Balaban J connectivity index is 1.47. The van der Waals surface area contributed by atoms with E-state index in [1.807, 2.05) is 46.9 Å². The zero-order chi connectivity index (χ0) is 22.5. The average Bonchev–Trinajstić information content (AvgIpc) is 3.53. The quantitative estimate of drug-likeness (QED) is 0.452. The molecule has 2 aromatic carbocycles. The zero-order valence-corrected chi connectivity index (χ0v) is 17.6. The molecule has 0 saturated carbocycles. The Morgan fingerprint density at radius 1 is 1.00 bits per heavy atom. The molecule has 9 nitrogen and oxygen atoms in total. The van der Waals surface area contributed by atoms with Crippen LogP contribution in [0.25, 0.3) is 38.8 Å². The molecule has 6 aromatic rings. The normalized spacial score (nSPS) is 11.6. The van der Waals surface area contributed by atoms with E-state index in [1.54, 1.807) is 24.4 Å². The number of hydrogen-bond donors (Lipinski definition) is 1. The number of para-hydroxylation sites is 1. The third-order valence-electron chi connectivity index (χ3n) is 5.74. The van der Waals surface area contributed by atoms with E-state index in [9.17, 15) is 4.39 Å². The largest absolute Gasteiger partial charge is 0.383 e. The molecule has 4 aromatic heterocycles. The number of nitrogens with zero attached hydrogens (tertiary/aromatic N) is 8. The van der Waals surface area contributed by atoms with Crippen molar-refractivity contribution in [2.75, 3.05) is 5.73 Å². The van der Waals surface area contributed by atoms with E-state index in [-0.39, 0.29) is 5.82 Å². The molecule has 6 rings (SSSR count). The molecule has 0 bridgehead atoms. The lowest BCUT2D eigenvalue weighted by Crippen LogP contribution is -2.01. The van der Waals surface area contributed by atoms with Gasteiger partial charge in [0.2, 0.25) is 0 Å². The highest BCUT2D eigenvalue weighted by molar-refractivity contribution is 6.07. The van der Waals surface area contributed by atoms with Gasteiger partial charge in [0, 0.05) is 24.2 Å². The molecule has 0 aliphatic carbocycles. The van der Waals surface area contributed by atoms with Gasteiger partial charge in [-0.15, -0.1) is 5.10 Å². The summed E-state index contributed by atoms with van der Waals surface area (Å²) in [5.41, 5.74) is 10.9. The second-order valence-corrected chi connectivity index (χ2v) is 7.74. The summed E-state index contributed by atoms with van der Waals surface area (Å²) in [6.07, 6.45) is 6.97. The van der Waals surface area contributed by atoms with Crippen molar-refractivity contribution in [3.05, 3.63) is 78.9 Å². The minimum atomic E-state index is -0.368. The summed E-state index contributed by atoms with van der Waals surface area (Å²) in [7, 11) is 1.91. The Kier molecular flexibility index (Phi) is 4.19. The van der Waals surface area contributed by atoms with Gasteiger partial charge in [0.25, 0.3) is 0 Å². The molecule has 0 aliphatic heterocycles. The van der Waals surface area contributed by atoms with Gasteiger partial charge in [-0.25, -0.2) is 19.0 Å². The van der Waals surface area contributed by atoms with Crippen LogP contribution in [0.5, 0.6) is 0 Å². The summed E-state index contributed by atoms with van der Waals surface area (Å²) < 4.78 is 19.4. The van der Waals surface area contributed by atoms with Crippen molar-refractivity contribution in [3.63, 3.8) is 0 Å². The van der Waals surface area contributed by atoms with Gasteiger partial charge in [0.1, 0.15) is 35.0 Å². The number of rotatable bonds is 4. The summed E-state index contributed by atoms with van der Waals surface area (Å²) in [6.45, 7) is 0.379. The predicted molar refractivity (Wildman–Crippen MR) is 122 cm³/mol. The van der Waals surface area contributed by atoms with Gasteiger partial charge < -0.3 is 10.3 Å². The summed E-state index contributed by atoms with van der Waals surface area (Å²) in [4.78, 5) is 8.70. The number of halogens is 1. The second-order valence-electron chi connectivity index (χ2n) is 7.74. The number of hydrogen-bond acceptors (Lipinski definition) is 6. The lowest BCUT2D eigenvalue weighted by Gasteiger charge is -2.03. The summed E-state index contributed by atoms with van der Waals surface area (Å²) in [5.74, 6) is 0.0254. The second kappa shape index (κ2) is 7.23. The van der Waals surface area contributed by atoms with Crippen LogP contribution >= 0.6 is 0 Å². The van der Waals surface area contributed by atoms with Crippen molar-refractivity contribution in [2.45, 2.75) is 6.54 Å². The molecular weight excluding hydrogens is 421 g/mol. The third-order valence-corrected chi connectivity index (χ3v) is 5.74. The van der Waals surface area contributed by atoms with E-state index in [0.717, 1.165) is 27.4 Å². The van der Waals surface area contributed by atoms with Crippen LogP contribution in [0.15, 0.2) is 67.4 Å². The minimum Gasteiger partial charge on any atom is -0.383 e. The van der Waals surface area contributed by atoms with Gasteiger partial charge >= 0.3 is 0 Å². The molecule has 2 N–H and O–H groups in total. The Morgan fingerprint density at radius 3 is 2.76 bits per heavy atom. The first-order valence-corrected chi connectivity index (χ1v) is 10.3. The number of nitrogen functional groups attached to an aromatic ring is 1. The molecule has 4 heterocycles. The first-order valence-electron chi connectivity index (χ1n) is 10.3. The Hall–Kier alpha value is -4.60. The lowest BCUT2D eigenvalue weighted by atomic mass is 10.0. The molecule has 0 amide bonds. The monoisotopic (exact) mass is 439 g/mol. The number of nitrogens with two attached hydrogens (primary N) is 1. The van der Waals surface area contributed by atoms with Crippen LogP contribution in [0.1, 0.15) is 5.69 Å². The van der Waals surface area contributed by atoms with Crippen molar-refractivity contribution >= 4 is 27.8 Å². The van der Waals surface area contributed by atoms with Crippen molar-refractivity contribution in [2.24, 2.45) is 7.05 Å². The summed E-state index contributed by atoms with van der Waals surface area (Å²) in [6, 6.07) is 12.5. The van der Waals surface area contributed by atoms with Crippen molar-refractivity contribution in [1.82, 2.24) is 39.3 Å². The summed E-state index contributed by atoms with van der Waals surface area (Å²) >= 11 is 0. The van der Waals surface area contributed by atoms with Gasteiger partial charge in [0.05, 0.1) is 29.8 Å². The smallest absolute Gasteiger partial charge is 0.148 e. The summed E-state index contributed by atoms with van der Waals surface area (Å²) in [5, 5.41) is 14.5. The van der Waals surface area contributed by atoms with Crippen molar-refractivity contribution in [3.8, 4) is 16.8 Å². The number of benzene rings is 2. The van der Waals surface area contributed by atoms with E-state index >= 15 is 0 Å². The maximum absolute atomic E-state index is 14.2. The molecule has 0 atom stereocenters. The number of aromatic nitrogens is 8. The average molecular weight is 439 g/mol. The molecule has 0 spiro atoms. The molecule has 0 aliphatic rings. The zero-order valence-electron chi connectivity index (χ0n) is 17.6.